The summed E-state index contributed by atoms with van der Waals surface area (Å²) in [4.78, 5) is 0.252. The zero-order valence-corrected chi connectivity index (χ0v) is 13.7. The zero-order valence-electron chi connectivity index (χ0n) is 12.9. The fourth-order valence-electron chi connectivity index (χ4n) is 3.09. The first-order valence-corrected chi connectivity index (χ1v) is 9.22. The van der Waals surface area contributed by atoms with Crippen LogP contribution in [0.3, 0.4) is 0 Å². The molecule has 0 saturated heterocycles. The molecule has 1 fully saturated rings. The Morgan fingerprint density at radius 2 is 2.10 bits per heavy atom. The largest absolute Gasteiger partial charge is 0.398 e. The highest BCUT2D eigenvalue weighted by Gasteiger charge is 2.20. The Hall–Kier alpha value is -1.07. The van der Waals surface area contributed by atoms with Crippen LogP contribution in [0.1, 0.15) is 44.6 Å². The fraction of sp³-hybridized carbons (Fsp3) is 0.625. The van der Waals surface area contributed by atoms with Crippen molar-refractivity contribution in [2.45, 2.75) is 50.8 Å². The zero-order chi connectivity index (χ0) is 15.5. The van der Waals surface area contributed by atoms with Crippen molar-refractivity contribution in [3.05, 3.63) is 23.8 Å². The number of nitrogens with two attached hydrogens (primary N) is 1. The molecule has 21 heavy (non-hydrogen) atoms. The average Bonchev–Trinajstić information content (AvgIpc) is 2.41. The van der Waals surface area contributed by atoms with Crippen molar-refractivity contribution in [1.82, 2.24) is 4.72 Å². The van der Waals surface area contributed by atoms with Crippen molar-refractivity contribution in [3.8, 4) is 0 Å². The van der Waals surface area contributed by atoms with Gasteiger partial charge < -0.3 is 5.73 Å². The van der Waals surface area contributed by atoms with Gasteiger partial charge in [0, 0.05) is 12.2 Å². The molecule has 0 aliphatic heterocycles. The Balaban J connectivity index is 1.90. The molecule has 1 saturated carbocycles. The molecule has 0 radical (unpaired) electrons. The third-order valence-corrected chi connectivity index (χ3v) is 5.91. The number of anilines is 1. The van der Waals surface area contributed by atoms with Gasteiger partial charge in [0.25, 0.3) is 0 Å². The van der Waals surface area contributed by atoms with Gasteiger partial charge in [0.2, 0.25) is 10.0 Å². The molecule has 0 amide bonds. The van der Waals surface area contributed by atoms with Crippen LogP contribution in [-0.4, -0.2) is 15.0 Å². The summed E-state index contributed by atoms with van der Waals surface area (Å²) in [6.45, 7) is 4.66. The summed E-state index contributed by atoms with van der Waals surface area (Å²) in [6, 6.07) is 4.88. The smallest absolute Gasteiger partial charge is 0.240 e. The predicted molar refractivity (Wildman–Crippen MR) is 86.5 cm³/mol. The maximum Gasteiger partial charge on any atom is 0.240 e. The number of benzene rings is 1. The van der Waals surface area contributed by atoms with Gasteiger partial charge in [-0.25, -0.2) is 13.1 Å². The second kappa shape index (κ2) is 6.79. The van der Waals surface area contributed by atoms with Crippen molar-refractivity contribution >= 4 is 15.7 Å². The van der Waals surface area contributed by atoms with Gasteiger partial charge >= 0.3 is 0 Å². The van der Waals surface area contributed by atoms with Gasteiger partial charge in [0.05, 0.1) is 4.90 Å². The summed E-state index contributed by atoms with van der Waals surface area (Å²) in [6.07, 6.45) is 5.95. The fourth-order valence-corrected chi connectivity index (χ4v) is 4.17. The first-order valence-electron chi connectivity index (χ1n) is 7.74. The molecule has 4 nitrogen and oxygen atoms in total. The number of hydrogen-bond donors (Lipinski definition) is 2. The van der Waals surface area contributed by atoms with E-state index in [1.54, 1.807) is 12.1 Å². The highest BCUT2D eigenvalue weighted by molar-refractivity contribution is 7.89. The van der Waals surface area contributed by atoms with E-state index in [0.717, 1.165) is 17.9 Å². The van der Waals surface area contributed by atoms with Crippen LogP contribution in [0.4, 0.5) is 5.69 Å². The minimum atomic E-state index is -3.44. The van der Waals surface area contributed by atoms with Crippen LogP contribution in [0.5, 0.6) is 0 Å². The molecule has 0 bridgehead atoms. The Morgan fingerprint density at radius 1 is 1.33 bits per heavy atom. The second-order valence-corrected chi connectivity index (χ2v) is 8.11. The van der Waals surface area contributed by atoms with Crippen LogP contribution in [0.15, 0.2) is 23.1 Å². The lowest BCUT2D eigenvalue weighted by Gasteiger charge is -2.26. The molecule has 5 heteroatoms. The lowest BCUT2D eigenvalue weighted by molar-refractivity contribution is 0.271. The van der Waals surface area contributed by atoms with Gasteiger partial charge in [-0.15, -0.1) is 0 Å². The van der Waals surface area contributed by atoms with E-state index in [1.165, 1.54) is 31.7 Å². The number of sulfonamides is 1. The van der Waals surface area contributed by atoms with Gasteiger partial charge in [0.15, 0.2) is 0 Å². The quantitative estimate of drug-likeness (QED) is 0.821. The van der Waals surface area contributed by atoms with Crippen molar-refractivity contribution in [2.75, 3.05) is 12.3 Å². The third-order valence-electron chi connectivity index (χ3n) is 4.45. The summed E-state index contributed by atoms with van der Waals surface area (Å²) in [5.74, 6) is 1.43. The molecular weight excluding hydrogens is 284 g/mol. The minimum absolute atomic E-state index is 0.252. The monoisotopic (exact) mass is 310 g/mol. The lowest BCUT2D eigenvalue weighted by Crippen LogP contribution is -2.27. The van der Waals surface area contributed by atoms with E-state index >= 15 is 0 Å². The maximum absolute atomic E-state index is 12.2. The van der Waals surface area contributed by atoms with Crippen molar-refractivity contribution in [1.29, 1.82) is 0 Å². The van der Waals surface area contributed by atoms with Crippen molar-refractivity contribution in [2.24, 2.45) is 11.8 Å². The highest BCUT2D eigenvalue weighted by atomic mass is 32.2. The van der Waals surface area contributed by atoms with Crippen LogP contribution >= 0.6 is 0 Å². The Morgan fingerprint density at radius 3 is 2.76 bits per heavy atom. The van der Waals surface area contributed by atoms with Crippen LogP contribution < -0.4 is 10.5 Å². The number of nitrogens with one attached hydrogen (secondary N) is 1. The van der Waals surface area contributed by atoms with Gasteiger partial charge in [0.1, 0.15) is 0 Å². The number of rotatable bonds is 5. The van der Waals surface area contributed by atoms with Crippen molar-refractivity contribution in [3.63, 3.8) is 0 Å². The summed E-state index contributed by atoms with van der Waals surface area (Å²) in [5.41, 5.74) is 7.19. The van der Waals surface area contributed by atoms with Crippen LogP contribution in [0, 0.1) is 18.8 Å². The molecule has 118 valence electrons. The molecule has 0 heterocycles. The topological polar surface area (TPSA) is 72.2 Å². The minimum Gasteiger partial charge on any atom is -0.398 e. The summed E-state index contributed by atoms with van der Waals surface area (Å²) in [5, 5.41) is 0. The third kappa shape index (κ3) is 4.45. The van der Waals surface area contributed by atoms with Crippen LogP contribution in [0.25, 0.3) is 0 Å². The van der Waals surface area contributed by atoms with E-state index in [2.05, 4.69) is 11.6 Å². The van der Waals surface area contributed by atoms with Gasteiger partial charge in [-0.2, -0.15) is 0 Å². The van der Waals surface area contributed by atoms with E-state index in [9.17, 15) is 8.42 Å². The van der Waals surface area contributed by atoms with E-state index < -0.39 is 10.0 Å². The van der Waals surface area contributed by atoms with E-state index in [0.29, 0.717) is 18.2 Å². The summed E-state index contributed by atoms with van der Waals surface area (Å²) < 4.78 is 27.2. The second-order valence-electron chi connectivity index (χ2n) is 6.34. The number of nitrogen functional groups attached to an aromatic ring is 1. The van der Waals surface area contributed by atoms with Crippen LogP contribution in [0.2, 0.25) is 0 Å². The molecule has 0 spiro atoms. The molecule has 0 aromatic heterocycles. The molecule has 1 aromatic rings. The number of aryl methyl sites for hydroxylation is 1. The van der Waals surface area contributed by atoms with Gasteiger partial charge in [-0.3, -0.25) is 0 Å². The first-order chi connectivity index (χ1) is 9.88. The van der Waals surface area contributed by atoms with E-state index in [1.807, 2.05) is 6.92 Å². The average molecular weight is 310 g/mol. The normalized spacial score (nSPS) is 23.1. The first kappa shape index (κ1) is 16.3. The molecule has 3 N–H and O–H groups in total. The standard InChI is InChI=1S/C16H26N2O2S/c1-12-4-3-5-14(10-12)8-9-18-21(19,20)15-7-6-13(2)16(17)11-15/h6-7,11-12,14,18H,3-5,8-10,17H2,1-2H3. The Bertz CT molecular complexity index is 584. The molecule has 2 unspecified atom stereocenters. The molecule has 1 aliphatic rings. The number of hydrogen-bond acceptors (Lipinski definition) is 3. The lowest BCUT2D eigenvalue weighted by atomic mass is 9.81. The Labute approximate surface area is 128 Å². The Kier molecular flexibility index (Phi) is 5.27. The molecule has 2 atom stereocenters. The molecule has 1 aliphatic carbocycles. The summed E-state index contributed by atoms with van der Waals surface area (Å²) >= 11 is 0. The van der Waals surface area contributed by atoms with Crippen LogP contribution in [-0.2, 0) is 10.0 Å². The van der Waals surface area contributed by atoms with Crippen molar-refractivity contribution < 1.29 is 8.42 Å². The predicted octanol–water partition coefficient (Wildman–Crippen LogP) is 3.07. The SMILES string of the molecule is Cc1ccc(S(=O)(=O)NCCC2CCCC(C)C2)cc1N. The van der Waals surface area contributed by atoms with E-state index in [4.69, 9.17) is 5.73 Å². The van der Waals surface area contributed by atoms with Gasteiger partial charge in [-0.1, -0.05) is 32.3 Å². The van der Waals surface area contributed by atoms with E-state index in [-0.39, 0.29) is 4.90 Å². The molecule has 1 aromatic carbocycles. The highest BCUT2D eigenvalue weighted by Crippen LogP contribution is 2.30. The molecular formula is C16H26N2O2S. The maximum atomic E-state index is 12.2. The molecule has 2 rings (SSSR count). The van der Waals surface area contributed by atoms with Gasteiger partial charge in [-0.05, 0) is 49.3 Å². The summed E-state index contributed by atoms with van der Waals surface area (Å²) in [7, 11) is -3.44.